The third kappa shape index (κ3) is 13.0. The van der Waals surface area contributed by atoms with Gasteiger partial charge in [-0.05, 0) is 75.2 Å². The van der Waals surface area contributed by atoms with Crippen molar-refractivity contribution in [3.63, 3.8) is 0 Å². The van der Waals surface area contributed by atoms with Crippen LogP contribution in [0.15, 0.2) is 79.1 Å². The predicted octanol–water partition coefficient (Wildman–Crippen LogP) is 9.58. The highest BCUT2D eigenvalue weighted by Crippen LogP contribution is 2.34. The fraction of sp³-hybridized carbons (Fsp3) is 0.415. The maximum Gasteiger partial charge on any atom is 0.344 e. The molecule has 0 aliphatic rings. The number of rotatable bonds is 19. The summed E-state index contributed by atoms with van der Waals surface area (Å²) in [7, 11) is 0. The second kappa shape index (κ2) is 19.3. The second-order valence-electron chi connectivity index (χ2n) is 13.4. The lowest BCUT2D eigenvalue weighted by Gasteiger charge is -2.19. The van der Waals surface area contributed by atoms with E-state index >= 15 is 0 Å². The van der Waals surface area contributed by atoms with E-state index in [1.165, 1.54) is 51.4 Å². The van der Waals surface area contributed by atoms with E-state index in [2.05, 4.69) is 22.2 Å². The number of imidazole rings is 1. The Bertz CT molecular complexity index is 1600. The van der Waals surface area contributed by atoms with Crippen LogP contribution in [-0.2, 0) is 14.3 Å². The molecule has 2 N–H and O–H groups in total. The van der Waals surface area contributed by atoms with Crippen molar-refractivity contribution in [1.82, 2.24) is 20.3 Å². The number of aromatic nitrogens is 3. The van der Waals surface area contributed by atoms with Crippen LogP contribution in [0.2, 0.25) is 0 Å². The van der Waals surface area contributed by atoms with Gasteiger partial charge in [-0.1, -0.05) is 89.0 Å². The first kappa shape index (κ1) is 37.1. The van der Waals surface area contributed by atoms with Crippen LogP contribution in [-0.4, -0.2) is 45.6 Å². The predicted molar refractivity (Wildman–Crippen MR) is 198 cm³/mol. The Morgan fingerprint density at radius 3 is 2.10 bits per heavy atom. The van der Waals surface area contributed by atoms with Gasteiger partial charge in [-0.25, -0.2) is 9.78 Å². The summed E-state index contributed by atoms with van der Waals surface area (Å²) in [5.41, 5.74) is 4.69. The zero-order valence-electron chi connectivity index (χ0n) is 29.6. The Kier molecular flexibility index (Phi) is 14.6. The molecule has 4 rings (SSSR count). The van der Waals surface area contributed by atoms with E-state index in [4.69, 9.17) is 14.5 Å². The highest BCUT2D eigenvalue weighted by molar-refractivity contribution is 5.91. The zero-order chi connectivity index (χ0) is 34.9. The first-order valence-electron chi connectivity index (χ1n) is 17.7. The molecule has 2 aromatic carbocycles. The molecular formula is C41H52N4O4. The molecule has 49 heavy (non-hydrogen) atoms. The van der Waals surface area contributed by atoms with Crippen molar-refractivity contribution in [3.05, 3.63) is 84.7 Å². The Hall–Kier alpha value is -4.72. The minimum absolute atomic E-state index is 0.0736. The number of aromatic amines is 1. The van der Waals surface area contributed by atoms with Crippen molar-refractivity contribution in [2.45, 2.75) is 97.5 Å². The Morgan fingerprint density at radius 1 is 0.816 bits per heavy atom. The lowest BCUT2D eigenvalue weighted by Crippen LogP contribution is -2.27. The van der Waals surface area contributed by atoms with Crippen molar-refractivity contribution in [2.24, 2.45) is 0 Å². The first-order valence-corrected chi connectivity index (χ1v) is 17.7. The number of ether oxygens (including phenoxy) is 2. The molecule has 4 aromatic rings. The number of pyridine rings is 1. The van der Waals surface area contributed by atoms with Crippen molar-refractivity contribution < 1.29 is 19.1 Å². The van der Waals surface area contributed by atoms with Gasteiger partial charge in [-0.2, -0.15) is 0 Å². The van der Waals surface area contributed by atoms with E-state index in [0.29, 0.717) is 18.1 Å². The summed E-state index contributed by atoms with van der Waals surface area (Å²) in [6.07, 6.45) is 19.7. The largest absolute Gasteiger partial charge is 0.482 e. The van der Waals surface area contributed by atoms with Crippen LogP contribution in [0.5, 0.6) is 5.75 Å². The Morgan fingerprint density at radius 2 is 1.47 bits per heavy atom. The van der Waals surface area contributed by atoms with Gasteiger partial charge in [-0.15, -0.1) is 0 Å². The van der Waals surface area contributed by atoms with E-state index in [1.807, 2.05) is 87.5 Å². The molecule has 2 aromatic heterocycles. The topological polar surface area (TPSA) is 106 Å². The molecule has 0 unspecified atom stereocenters. The second-order valence-corrected chi connectivity index (χ2v) is 13.4. The van der Waals surface area contributed by atoms with Crippen LogP contribution in [0, 0.1) is 0 Å². The van der Waals surface area contributed by atoms with Crippen LogP contribution < -0.4 is 10.1 Å². The summed E-state index contributed by atoms with van der Waals surface area (Å²) < 4.78 is 11.0. The molecule has 2 heterocycles. The smallest absolute Gasteiger partial charge is 0.344 e. The molecule has 0 spiro atoms. The maximum absolute atomic E-state index is 12.4. The molecule has 0 saturated carbocycles. The van der Waals surface area contributed by atoms with Crippen molar-refractivity contribution in [1.29, 1.82) is 0 Å². The molecule has 8 nitrogen and oxygen atoms in total. The van der Waals surface area contributed by atoms with Gasteiger partial charge < -0.3 is 19.8 Å². The van der Waals surface area contributed by atoms with Crippen LogP contribution in [0.1, 0.15) is 97.5 Å². The summed E-state index contributed by atoms with van der Waals surface area (Å²) in [6, 6.07) is 19.3. The molecule has 260 valence electrons. The molecule has 1 amide bonds. The molecular weight excluding hydrogens is 612 g/mol. The number of carbonyl (C=O) groups is 2. The summed E-state index contributed by atoms with van der Waals surface area (Å²) >= 11 is 0. The molecule has 0 aliphatic carbocycles. The van der Waals surface area contributed by atoms with Gasteiger partial charge in [0, 0.05) is 41.7 Å². The molecule has 0 fully saturated rings. The number of H-pyrrole nitrogens is 1. The average Bonchev–Trinajstić information content (AvgIpc) is 3.54. The monoisotopic (exact) mass is 664 g/mol. The molecule has 0 radical (unpaired) electrons. The SMILES string of the molecule is CCCCCCCCCCCCNC(=O)C=Cc1ccc(-c2[nH]c(-c3cccnc3)nc2-c2ccc(OCC(=O)OC(C)(C)C)cc2)cc1. The van der Waals surface area contributed by atoms with Gasteiger partial charge in [0.05, 0.1) is 11.4 Å². The summed E-state index contributed by atoms with van der Waals surface area (Å²) in [4.78, 5) is 37.2. The lowest BCUT2D eigenvalue weighted by atomic mass is 10.0. The standard InChI is InChI=1S/C41H52N4O4/c1-5-6-7-8-9-10-11-12-13-14-28-43-36(46)26-19-31-17-20-32(21-18-31)38-39(45-40(44-38)34-16-15-27-42-29-34)33-22-24-35(25-23-33)48-30-37(47)49-41(2,3)4/h15-27,29H,5-14,28,30H2,1-4H3,(H,43,46)(H,44,45). The van der Waals surface area contributed by atoms with Crippen LogP contribution in [0.25, 0.3) is 40.0 Å². The highest BCUT2D eigenvalue weighted by atomic mass is 16.6. The number of nitrogens with one attached hydrogen (secondary N) is 2. The highest BCUT2D eigenvalue weighted by Gasteiger charge is 2.18. The van der Waals surface area contributed by atoms with E-state index in [0.717, 1.165) is 46.5 Å². The average molecular weight is 665 g/mol. The molecule has 0 saturated heterocycles. The van der Waals surface area contributed by atoms with Crippen molar-refractivity contribution >= 4 is 18.0 Å². The van der Waals surface area contributed by atoms with Gasteiger partial charge in [0.2, 0.25) is 5.91 Å². The lowest BCUT2D eigenvalue weighted by molar-refractivity contribution is -0.157. The minimum atomic E-state index is -0.568. The van der Waals surface area contributed by atoms with E-state index < -0.39 is 11.6 Å². The fourth-order valence-electron chi connectivity index (χ4n) is 5.47. The van der Waals surface area contributed by atoms with Crippen LogP contribution >= 0.6 is 0 Å². The number of benzene rings is 2. The molecule has 0 atom stereocenters. The number of hydrogen-bond acceptors (Lipinski definition) is 6. The number of unbranched alkanes of at least 4 members (excludes halogenated alkanes) is 9. The minimum Gasteiger partial charge on any atom is -0.482 e. The quantitative estimate of drug-likeness (QED) is 0.0587. The fourth-order valence-corrected chi connectivity index (χ4v) is 5.47. The van der Waals surface area contributed by atoms with Crippen LogP contribution in [0.3, 0.4) is 0 Å². The number of amides is 1. The van der Waals surface area contributed by atoms with E-state index in [9.17, 15) is 9.59 Å². The van der Waals surface area contributed by atoms with Crippen molar-refractivity contribution in [3.8, 4) is 39.7 Å². The van der Waals surface area contributed by atoms with E-state index in [1.54, 1.807) is 18.5 Å². The Balaban J connectivity index is 1.34. The normalized spacial score (nSPS) is 11.5. The van der Waals surface area contributed by atoms with Crippen molar-refractivity contribution in [2.75, 3.05) is 13.2 Å². The molecule has 0 aliphatic heterocycles. The van der Waals surface area contributed by atoms with Gasteiger partial charge >= 0.3 is 5.97 Å². The molecule has 8 heteroatoms. The summed E-state index contributed by atoms with van der Waals surface area (Å²) in [6.45, 7) is 8.26. The maximum atomic E-state index is 12.4. The van der Waals surface area contributed by atoms with Gasteiger partial charge in [0.1, 0.15) is 17.2 Å². The number of esters is 1. The first-order chi connectivity index (χ1) is 23.7. The van der Waals surface area contributed by atoms with Gasteiger partial charge in [-0.3, -0.25) is 9.78 Å². The molecule has 0 bridgehead atoms. The summed E-state index contributed by atoms with van der Waals surface area (Å²) in [5, 5.41) is 3.01. The number of hydrogen-bond donors (Lipinski definition) is 2. The number of nitrogens with zero attached hydrogens (tertiary/aromatic N) is 2. The van der Waals surface area contributed by atoms with Gasteiger partial charge in [0.25, 0.3) is 0 Å². The number of carbonyl (C=O) groups excluding carboxylic acids is 2. The van der Waals surface area contributed by atoms with E-state index in [-0.39, 0.29) is 12.5 Å². The third-order valence-corrected chi connectivity index (χ3v) is 8.00. The Labute approximate surface area is 291 Å². The van der Waals surface area contributed by atoms with Gasteiger partial charge in [0.15, 0.2) is 6.61 Å². The van der Waals surface area contributed by atoms with Crippen LogP contribution in [0.4, 0.5) is 0 Å². The zero-order valence-corrected chi connectivity index (χ0v) is 29.6. The third-order valence-electron chi connectivity index (χ3n) is 8.00. The summed E-state index contributed by atoms with van der Waals surface area (Å²) in [5.74, 6) is 0.764.